The molecule has 0 bridgehead atoms. The number of nitrogens with zero attached hydrogens (tertiary/aromatic N) is 1. The predicted octanol–water partition coefficient (Wildman–Crippen LogP) is 4.33. The van der Waals surface area contributed by atoms with Crippen LogP contribution in [0.2, 0.25) is 0 Å². The molecule has 1 unspecified atom stereocenters. The number of hydrogen-bond donors (Lipinski definition) is 0. The van der Waals surface area contributed by atoms with Crippen LogP contribution < -0.4 is 4.74 Å². The van der Waals surface area contributed by atoms with Crippen LogP contribution >= 0.6 is 0 Å². The maximum absolute atomic E-state index is 12.5. The maximum Gasteiger partial charge on any atom is 0.223 e. The number of likely N-dealkylation sites (tertiary alicyclic amines) is 1. The van der Waals surface area contributed by atoms with Crippen molar-refractivity contribution in [2.45, 2.75) is 57.9 Å². The van der Waals surface area contributed by atoms with E-state index >= 15 is 0 Å². The van der Waals surface area contributed by atoms with Crippen LogP contribution in [0, 0.1) is 0 Å². The molecule has 1 saturated heterocycles. The number of benzene rings is 1. The van der Waals surface area contributed by atoms with Crippen LogP contribution in [0.15, 0.2) is 24.3 Å². The Labute approximate surface area is 128 Å². The second-order valence-corrected chi connectivity index (χ2v) is 5.83. The van der Waals surface area contributed by atoms with Crippen molar-refractivity contribution in [1.29, 1.82) is 0 Å². The van der Waals surface area contributed by atoms with Gasteiger partial charge in [0.1, 0.15) is 5.75 Å². The Hall–Kier alpha value is -1.51. The van der Waals surface area contributed by atoms with Gasteiger partial charge in [-0.2, -0.15) is 0 Å². The molecule has 3 heteroatoms. The van der Waals surface area contributed by atoms with Crippen LogP contribution in [0.3, 0.4) is 0 Å². The number of ether oxygens (including phenoxy) is 1. The highest BCUT2D eigenvalue weighted by Gasteiger charge is 2.26. The van der Waals surface area contributed by atoms with Crippen molar-refractivity contribution in [2.24, 2.45) is 0 Å². The zero-order chi connectivity index (χ0) is 15.1. The smallest absolute Gasteiger partial charge is 0.223 e. The first-order valence-corrected chi connectivity index (χ1v) is 8.19. The van der Waals surface area contributed by atoms with E-state index in [-0.39, 0.29) is 6.04 Å². The fourth-order valence-corrected chi connectivity index (χ4v) is 3.05. The number of amides is 1. The number of carbonyl (C=O) groups is 1. The highest BCUT2D eigenvalue weighted by atomic mass is 16.5. The van der Waals surface area contributed by atoms with Gasteiger partial charge in [-0.05, 0) is 37.0 Å². The summed E-state index contributed by atoms with van der Waals surface area (Å²) in [5, 5.41) is 0. The second kappa shape index (κ2) is 8.06. The molecule has 0 radical (unpaired) electrons. The van der Waals surface area contributed by atoms with E-state index in [1.165, 1.54) is 18.4 Å². The molecule has 1 aromatic rings. The van der Waals surface area contributed by atoms with Gasteiger partial charge in [0.15, 0.2) is 0 Å². The Bertz CT molecular complexity index is 441. The molecule has 1 atom stereocenters. The normalized spacial score (nSPS) is 19.1. The Morgan fingerprint density at radius 1 is 1.24 bits per heavy atom. The lowest BCUT2D eigenvalue weighted by Crippen LogP contribution is -2.34. The third-order valence-corrected chi connectivity index (χ3v) is 4.32. The third-order valence-electron chi connectivity index (χ3n) is 4.32. The lowest BCUT2D eigenvalue weighted by Gasteiger charge is -2.30. The van der Waals surface area contributed by atoms with Gasteiger partial charge in [-0.1, -0.05) is 38.3 Å². The van der Waals surface area contributed by atoms with E-state index in [1.54, 1.807) is 7.11 Å². The maximum atomic E-state index is 12.5. The Morgan fingerprint density at radius 2 is 2.00 bits per heavy atom. The number of rotatable bonds is 5. The van der Waals surface area contributed by atoms with E-state index in [0.717, 1.165) is 38.0 Å². The average molecular weight is 289 g/mol. The van der Waals surface area contributed by atoms with Gasteiger partial charge in [0.2, 0.25) is 5.91 Å². The van der Waals surface area contributed by atoms with Crippen molar-refractivity contribution in [2.75, 3.05) is 13.7 Å². The summed E-state index contributed by atoms with van der Waals surface area (Å²) in [6, 6.07) is 8.44. The molecule has 1 heterocycles. The molecule has 1 aromatic carbocycles. The van der Waals surface area contributed by atoms with Crippen LogP contribution in [-0.4, -0.2) is 24.5 Å². The summed E-state index contributed by atoms with van der Waals surface area (Å²) in [5.74, 6) is 1.19. The van der Waals surface area contributed by atoms with Crippen molar-refractivity contribution < 1.29 is 9.53 Å². The number of hydrogen-bond acceptors (Lipinski definition) is 2. The molecule has 1 amide bonds. The number of unbranched alkanes of at least 4 members (excludes halogenated alkanes) is 1. The highest BCUT2D eigenvalue weighted by molar-refractivity contribution is 5.76. The summed E-state index contributed by atoms with van der Waals surface area (Å²) in [6.45, 7) is 3.04. The van der Waals surface area contributed by atoms with E-state index in [4.69, 9.17) is 4.74 Å². The van der Waals surface area contributed by atoms with Crippen molar-refractivity contribution in [3.8, 4) is 5.75 Å². The van der Waals surface area contributed by atoms with E-state index in [9.17, 15) is 4.79 Å². The van der Waals surface area contributed by atoms with Gasteiger partial charge in [0.25, 0.3) is 0 Å². The van der Waals surface area contributed by atoms with Crippen LogP contribution in [0.5, 0.6) is 5.75 Å². The first-order valence-electron chi connectivity index (χ1n) is 8.19. The van der Waals surface area contributed by atoms with Gasteiger partial charge in [0, 0.05) is 13.0 Å². The fraction of sp³-hybridized carbons (Fsp3) is 0.611. The van der Waals surface area contributed by atoms with Crippen molar-refractivity contribution in [1.82, 2.24) is 4.90 Å². The van der Waals surface area contributed by atoms with Crippen molar-refractivity contribution >= 4 is 5.91 Å². The summed E-state index contributed by atoms with van der Waals surface area (Å²) < 4.78 is 5.23. The Kier molecular flexibility index (Phi) is 6.09. The van der Waals surface area contributed by atoms with Gasteiger partial charge < -0.3 is 9.64 Å². The predicted molar refractivity (Wildman–Crippen MR) is 85.4 cm³/mol. The summed E-state index contributed by atoms with van der Waals surface area (Å²) in [6.07, 6.45) is 7.38. The molecular weight excluding hydrogens is 262 g/mol. The monoisotopic (exact) mass is 289 g/mol. The number of carbonyl (C=O) groups excluding carboxylic acids is 1. The van der Waals surface area contributed by atoms with Gasteiger partial charge in [-0.25, -0.2) is 0 Å². The van der Waals surface area contributed by atoms with Crippen LogP contribution in [-0.2, 0) is 4.79 Å². The summed E-state index contributed by atoms with van der Waals surface area (Å²) >= 11 is 0. The van der Waals surface area contributed by atoms with E-state index in [2.05, 4.69) is 24.0 Å². The molecule has 116 valence electrons. The topological polar surface area (TPSA) is 29.5 Å². The molecule has 3 nitrogen and oxygen atoms in total. The third kappa shape index (κ3) is 4.23. The molecule has 0 aliphatic carbocycles. The first-order chi connectivity index (χ1) is 10.3. The zero-order valence-corrected chi connectivity index (χ0v) is 13.3. The molecule has 1 aliphatic heterocycles. The summed E-state index contributed by atoms with van der Waals surface area (Å²) in [4.78, 5) is 14.6. The van der Waals surface area contributed by atoms with Crippen LogP contribution in [0.1, 0.15) is 63.5 Å². The minimum absolute atomic E-state index is 0.239. The molecular formula is C18H27NO2. The zero-order valence-electron chi connectivity index (χ0n) is 13.3. The van der Waals surface area contributed by atoms with Crippen LogP contribution in [0.4, 0.5) is 0 Å². The van der Waals surface area contributed by atoms with Crippen molar-refractivity contribution in [3.63, 3.8) is 0 Å². The second-order valence-electron chi connectivity index (χ2n) is 5.83. The minimum atomic E-state index is 0.239. The average Bonchev–Trinajstić information content (AvgIpc) is 2.78. The summed E-state index contributed by atoms with van der Waals surface area (Å²) in [5.41, 5.74) is 1.24. The quantitative estimate of drug-likeness (QED) is 0.807. The number of methoxy groups -OCH3 is 1. The lowest BCUT2D eigenvalue weighted by molar-refractivity contribution is -0.133. The van der Waals surface area contributed by atoms with Crippen LogP contribution in [0.25, 0.3) is 0 Å². The lowest BCUT2D eigenvalue weighted by atomic mass is 10.00. The largest absolute Gasteiger partial charge is 0.497 e. The highest BCUT2D eigenvalue weighted by Crippen LogP contribution is 2.31. The molecule has 21 heavy (non-hydrogen) atoms. The summed E-state index contributed by atoms with van der Waals surface area (Å²) in [7, 11) is 1.68. The molecule has 2 rings (SSSR count). The molecule has 0 N–H and O–H groups in total. The minimum Gasteiger partial charge on any atom is -0.497 e. The fourth-order valence-electron chi connectivity index (χ4n) is 3.05. The van der Waals surface area contributed by atoms with Crippen molar-refractivity contribution in [3.05, 3.63) is 29.8 Å². The van der Waals surface area contributed by atoms with Gasteiger partial charge in [-0.15, -0.1) is 0 Å². The first kappa shape index (κ1) is 15.9. The van der Waals surface area contributed by atoms with Gasteiger partial charge >= 0.3 is 0 Å². The SMILES string of the molecule is CCCCC(=O)N1CCCCCC1c1ccc(OC)cc1. The van der Waals surface area contributed by atoms with E-state index in [0.29, 0.717) is 12.3 Å². The van der Waals surface area contributed by atoms with E-state index in [1.807, 2.05) is 12.1 Å². The Balaban J connectivity index is 2.15. The molecule has 0 aromatic heterocycles. The van der Waals surface area contributed by atoms with E-state index < -0.39 is 0 Å². The standard InChI is InChI=1S/C18H27NO2/c1-3-4-9-18(20)19-14-7-5-6-8-17(19)15-10-12-16(21-2)13-11-15/h10-13,17H,3-9,14H2,1-2H3. The Morgan fingerprint density at radius 3 is 2.67 bits per heavy atom. The molecule has 1 aliphatic rings. The van der Waals surface area contributed by atoms with Gasteiger partial charge in [-0.3, -0.25) is 4.79 Å². The van der Waals surface area contributed by atoms with Gasteiger partial charge in [0.05, 0.1) is 13.2 Å². The molecule has 0 saturated carbocycles. The molecule has 0 spiro atoms. The molecule has 1 fully saturated rings.